The Balaban J connectivity index is 2.99. The van der Waals surface area contributed by atoms with Gasteiger partial charge >= 0.3 is 0 Å². The highest BCUT2D eigenvalue weighted by atomic mass is 35.5. The van der Waals surface area contributed by atoms with Crippen molar-refractivity contribution in [2.45, 2.75) is 0 Å². The minimum Gasteiger partial charge on any atom is -0.340 e. The Morgan fingerprint density at radius 1 is 1.36 bits per heavy atom. The average Bonchev–Trinajstić information content (AvgIpc) is 2.33. The Kier molecular flexibility index (Phi) is 2.26. The summed E-state index contributed by atoms with van der Waals surface area (Å²) >= 11 is 10.1. The SMILES string of the molecule is O=C(Cl)c1c[nH]c(C(=O)Cl)n1. The molecule has 0 aliphatic carbocycles. The molecule has 0 unspecified atom stereocenters. The van der Waals surface area contributed by atoms with Crippen LogP contribution in [0, 0.1) is 0 Å². The van der Waals surface area contributed by atoms with Gasteiger partial charge in [0.2, 0.25) is 0 Å². The van der Waals surface area contributed by atoms with E-state index in [-0.39, 0.29) is 11.5 Å². The van der Waals surface area contributed by atoms with Crippen molar-refractivity contribution in [3.05, 3.63) is 17.7 Å². The molecule has 0 atom stereocenters. The molecule has 58 valence electrons. The maximum atomic E-state index is 10.4. The molecule has 0 spiro atoms. The number of aromatic nitrogens is 2. The molecule has 0 saturated heterocycles. The van der Waals surface area contributed by atoms with E-state index in [4.69, 9.17) is 23.2 Å². The van der Waals surface area contributed by atoms with Crippen LogP contribution in [0.15, 0.2) is 6.20 Å². The van der Waals surface area contributed by atoms with Crippen molar-refractivity contribution in [2.24, 2.45) is 0 Å². The minimum absolute atomic E-state index is 0.0179. The fourth-order valence-electron chi connectivity index (χ4n) is 0.523. The summed E-state index contributed by atoms with van der Waals surface area (Å²) in [5.74, 6) is -0.0873. The Bertz CT molecular complexity index is 279. The number of nitrogens with zero attached hydrogens (tertiary/aromatic N) is 1. The molecule has 0 bridgehead atoms. The molecule has 0 amide bonds. The second kappa shape index (κ2) is 3.02. The number of nitrogens with one attached hydrogen (secondary N) is 1. The number of H-pyrrole nitrogens is 1. The van der Waals surface area contributed by atoms with Crippen LogP contribution in [0.25, 0.3) is 0 Å². The van der Waals surface area contributed by atoms with Gasteiger partial charge in [-0.05, 0) is 23.2 Å². The highest BCUT2D eigenvalue weighted by molar-refractivity contribution is 6.68. The van der Waals surface area contributed by atoms with E-state index < -0.39 is 10.5 Å². The largest absolute Gasteiger partial charge is 0.340 e. The summed E-state index contributed by atoms with van der Waals surface area (Å²) in [4.78, 5) is 26.7. The number of rotatable bonds is 2. The third-order valence-corrected chi connectivity index (χ3v) is 1.34. The topological polar surface area (TPSA) is 62.8 Å². The summed E-state index contributed by atoms with van der Waals surface area (Å²) in [6.45, 7) is 0. The van der Waals surface area contributed by atoms with Gasteiger partial charge in [-0.15, -0.1) is 0 Å². The Hall–Kier alpha value is -0.870. The lowest BCUT2D eigenvalue weighted by Crippen LogP contribution is -1.93. The number of carbonyl (C=O) groups is 2. The molecule has 0 aromatic carbocycles. The van der Waals surface area contributed by atoms with Crippen molar-refractivity contribution in [2.75, 3.05) is 0 Å². The summed E-state index contributed by atoms with van der Waals surface area (Å²) < 4.78 is 0. The van der Waals surface area contributed by atoms with Crippen LogP contribution in [0.4, 0.5) is 0 Å². The number of imidazole rings is 1. The molecular weight excluding hydrogens is 191 g/mol. The lowest BCUT2D eigenvalue weighted by Gasteiger charge is -1.80. The lowest BCUT2D eigenvalue weighted by molar-refractivity contribution is 0.107. The van der Waals surface area contributed by atoms with Crippen molar-refractivity contribution >= 4 is 33.7 Å². The number of hydrogen-bond acceptors (Lipinski definition) is 3. The summed E-state index contributed by atoms with van der Waals surface area (Å²) in [7, 11) is 0. The Morgan fingerprint density at radius 2 is 2.00 bits per heavy atom. The fraction of sp³-hybridized carbons (Fsp3) is 0. The highest BCUT2D eigenvalue weighted by Gasteiger charge is 2.10. The summed E-state index contributed by atoms with van der Waals surface area (Å²) in [6.07, 6.45) is 1.21. The van der Waals surface area contributed by atoms with Crippen LogP contribution in [-0.2, 0) is 0 Å². The van der Waals surface area contributed by atoms with Crippen LogP contribution >= 0.6 is 23.2 Å². The molecule has 0 saturated carbocycles. The number of aromatic amines is 1. The molecule has 1 heterocycles. The molecule has 0 aliphatic heterocycles. The standard InChI is InChI=1S/C5H2Cl2N2O2/c6-3(10)2-1-8-5(9-2)4(7)11/h1H,(H,8,9). The molecule has 0 radical (unpaired) electrons. The van der Waals surface area contributed by atoms with E-state index in [0.717, 1.165) is 0 Å². The van der Waals surface area contributed by atoms with E-state index in [1.54, 1.807) is 0 Å². The van der Waals surface area contributed by atoms with E-state index in [9.17, 15) is 9.59 Å². The third kappa shape index (κ3) is 1.78. The van der Waals surface area contributed by atoms with Crippen LogP contribution < -0.4 is 0 Å². The number of carbonyl (C=O) groups excluding carboxylic acids is 2. The molecule has 0 fully saturated rings. The normalized spacial score (nSPS) is 9.64. The van der Waals surface area contributed by atoms with Crippen LogP contribution in [0.1, 0.15) is 21.1 Å². The van der Waals surface area contributed by atoms with Crippen molar-refractivity contribution in [1.82, 2.24) is 9.97 Å². The van der Waals surface area contributed by atoms with Crippen LogP contribution in [0.5, 0.6) is 0 Å². The van der Waals surface area contributed by atoms with E-state index in [2.05, 4.69) is 9.97 Å². The number of hydrogen-bond donors (Lipinski definition) is 1. The molecule has 4 nitrogen and oxygen atoms in total. The van der Waals surface area contributed by atoms with Crippen molar-refractivity contribution in [1.29, 1.82) is 0 Å². The lowest BCUT2D eigenvalue weighted by atomic mass is 10.5. The van der Waals surface area contributed by atoms with E-state index in [1.165, 1.54) is 6.20 Å². The summed E-state index contributed by atoms with van der Waals surface area (Å²) in [5, 5.41) is -1.49. The molecule has 0 aliphatic rings. The average molecular weight is 193 g/mol. The first-order valence-electron chi connectivity index (χ1n) is 2.56. The molecule has 1 aromatic heterocycles. The van der Waals surface area contributed by atoms with Gasteiger partial charge in [0.15, 0.2) is 5.82 Å². The maximum absolute atomic E-state index is 10.4. The summed E-state index contributed by atoms with van der Waals surface area (Å²) in [6, 6.07) is 0. The minimum atomic E-state index is -0.755. The summed E-state index contributed by atoms with van der Waals surface area (Å²) in [5.41, 5.74) is -0.0179. The van der Waals surface area contributed by atoms with Gasteiger partial charge in [0.1, 0.15) is 5.69 Å². The van der Waals surface area contributed by atoms with Gasteiger partial charge < -0.3 is 4.98 Å². The van der Waals surface area contributed by atoms with Gasteiger partial charge in [0.25, 0.3) is 10.5 Å². The molecule has 1 aromatic rings. The monoisotopic (exact) mass is 192 g/mol. The predicted molar refractivity (Wildman–Crippen MR) is 39.0 cm³/mol. The van der Waals surface area contributed by atoms with Gasteiger partial charge in [-0.25, -0.2) is 4.98 Å². The molecular formula is C5H2Cl2N2O2. The fourth-order valence-corrected chi connectivity index (χ4v) is 0.717. The molecule has 6 heteroatoms. The van der Waals surface area contributed by atoms with E-state index >= 15 is 0 Å². The van der Waals surface area contributed by atoms with E-state index in [0.29, 0.717) is 0 Å². The van der Waals surface area contributed by atoms with Gasteiger partial charge in [0, 0.05) is 6.20 Å². The maximum Gasteiger partial charge on any atom is 0.287 e. The van der Waals surface area contributed by atoms with Crippen LogP contribution in [0.2, 0.25) is 0 Å². The van der Waals surface area contributed by atoms with Crippen LogP contribution in [-0.4, -0.2) is 20.5 Å². The van der Waals surface area contributed by atoms with Crippen molar-refractivity contribution in [3.63, 3.8) is 0 Å². The Labute approximate surface area is 71.5 Å². The first kappa shape index (κ1) is 8.23. The highest BCUT2D eigenvalue weighted by Crippen LogP contribution is 2.02. The van der Waals surface area contributed by atoms with Crippen molar-refractivity contribution < 1.29 is 9.59 Å². The second-order valence-corrected chi connectivity index (χ2v) is 2.37. The smallest absolute Gasteiger partial charge is 0.287 e. The molecule has 11 heavy (non-hydrogen) atoms. The zero-order valence-corrected chi connectivity index (χ0v) is 6.61. The zero-order valence-electron chi connectivity index (χ0n) is 5.10. The first-order valence-corrected chi connectivity index (χ1v) is 3.32. The van der Waals surface area contributed by atoms with Crippen LogP contribution in [0.3, 0.4) is 0 Å². The molecule has 1 N–H and O–H groups in total. The predicted octanol–water partition coefficient (Wildman–Crippen LogP) is 1.17. The first-order chi connectivity index (χ1) is 5.11. The third-order valence-electron chi connectivity index (χ3n) is 0.965. The Morgan fingerprint density at radius 3 is 2.27 bits per heavy atom. The van der Waals surface area contributed by atoms with Gasteiger partial charge in [-0.3, -0.25) is 9.59 Å². The zero-order chi connectivity index (χ0) is 8.43. The van der Waals surface area contributed by atoms with Gasteiger partial charge in [-0.2, -0.15) is 0 Å². The van der Waals surface area contributed by atoms with Gasteiger partial charge in [0.05, 0.1) is 0 Å². The van der Waals surface area contributed by atoms with Crippen molar-refractivity contribution in [3.8, 4) is 0 Å². The molecule has 1 rings (SSSR count). The number of halogens is 2. The second-order valence-electron chi connectivity index (χ2n) is 1.68. The van der Waals surface area contributed by atoms with E-state index in [1.807, 2.05) is 0 Å². The quantitative estimate of drug-likeness (QED) is 0.716. The van der Waals surface area contributed by atoms with Gasteiger partial charge in [-0.1, -0.05) is 0 Å².